The van der Waals surface area contributed by atoms with Crippen molar-refractivity contribution in [3.8, 4) is 0 Å². The van der Waals surface area contributed by atoms with Gasteiger partial charge in [-0.25, -0.2) is 0 Å². The summed E-state index contributed by atoms with van der Waals surface area (Å²) in [5.74, 6) is 0. The molecule has 4 rings (SSSR count). The molecule has 0 aliphatic heterocycles. The standard InChI is InChI=1S/C24H21B2NO/c1-5-13-21(14-6-1)25(22-15-7-2-8-16-22)28-26(23-17-9-3-10-18-23)27-24-19-11-4-12-20-24/h1-20,27H. The van der Waals surface area contributed by atoms with Crippen LogP contribution in [-0.4, -0.2) is 14.0 Å². The van der Waals surface area contributed by atoms with E-state index in [1.807, 2.05) is 48.5 Å². The summed E-state index contributed by atoms with van der Waals surface area (Å²) < 4.78 is 6.70. The SMILES string of the molecule is c1ccc(NB(OB(c2ccccc2)c2ccccc2)c2ccccc2)cc1. The Balaban J connectivity index is 1.70. The van der Waals surface area contributed by atoms with Crippen molar-refractivity contribution in [2.75, 3.05) is 5.23 Å². The van der Waals surface area contributed by atoms with E-state index in [4.69, 9.17) is 4.57 Å². The molecule has 0 aliphatic carbocycles. The van der Waals surface area contributed by atoms with Crippen molar-refractivity contribution in [2.24, 2.45) is 0 Å². The summed E-state index contributed by atoms with van der Waals surface area (Å²) in [6.07, 6.45) is 0. The maximum absolute atomic E-state index is 6.70. The van der Waals surface area contributed by atoms with Gasteiger partial charge in [0.2, 0.25) is 0 Å². The normalized spacial score (nSPS) is 10.3. The molecule has 0 aromatic heterocycles. The lowest BCUT2D eigenvalue weighted by Crippen LogP contribution is -2.54. The molecular formula is C24H21B2NO. The number of benzene rings is 4. The van der Waals surface area contributed by atoms with E-state index in [9.17, 15) is 0 Å². The molecule has 0 aliphatic rings. The van der Waals surface area contributed by atoms with E-state index in [2.05, 4.69) is 78.0 Å². The van der Waals surface area contributed by atoms with Crippen molar-refractivity contribution in [2.45, 2.75) is 0 Å². The molecule has 0 atom stereocenters. The average molecular weight is 361 g/mol. The van der Waals surface area contributed by atoms with Gasteiger partial charge in [0.1, 0.15) is 0 Å². The van der Waals surface area contributed by atoms with Gasteiger partial charge in [0.05, 0.1) is 0 Å². The van der Waals surface area contributed by atoms with Crippen LogP contribution in [0.15, 0.2) is 121 Å². The molecule has 4 heteroatoms. The Hall–Kier alpha value is -3.23. The second-order valence-electron chi connectivity index (χ2n) is 6.64. The van der Waals surface area contributed by atoms with E-state index in [0.717, 1.165) is 22.1 Å². The Morgan fingerprint density at radius 1 is 0.464 bits per heavy atom. The first-order chi connectivity index (χ1) is 13.9. The largest absolute Gasteiger partial charge is 0.469 e. The van der Waals surface area contributed by atoms with E-state index in [1.54, 1.807) is 0 Å². The molecule has 0 fully saturated rings. The molecule has 0 heterocycles. The van der Waals surface area contributed by atoms with Crippen LogP contribution < -0.4 is 21.6 Å². The lowest BCUT2D eigenvalue weighted by molar-refractivity contribution is 0.626. The van der Waals surface area contributed by atoms with Crippen LogP contribution in [0.1, 0.15) is 0 Å². The monoisotopic (exact) mass is 361 g/mol. The molecule has 0 unspecified atom stereocenters. The Morgan fingerprint density at radius 2 is 0.857 bits per heavy atom. The Labute approximate surface area is 167 Å². The summed E-state index contributed by atoms with van der Waals surface area (Å²) in [6.45, 7) is -0.177. The third-order valence-corrected chi connectivity index (χ3v) is 4.65. The zero-order valence-corrected chi connectivity index (χ0v) is 15.6. The smallest absolute Gasteiger partial charge is 0.434 e. The van der Waals surface area contributed by atoms with Gasteiger partial charge in [-0.05, 0) is 28.5 Å². The molecule has 0 bridgehead atoms. The summed E-state index contributed by atoms with van der Waals surface area (Å²) in [4.78, 5) is 0. The van der Waals surface area contributed by atoms with Crippen molar-refractivity contribution in [1.82, 2.24) is 0 Å². The van der Waals surface area contributed by atoms with Gasteiger partial charge in [0, 0.05) is 5.69 Å². The van der Waals surface area contributed by atoms with Crippen molar-refractivity contribution >= 4 is 36.0 Å². The summed E-state index contributed by atoms with van der Waals surface area (Å²) in [7, 11) is -0.283. The quantitative estimate of drug-likeness (QED) is 0.510. The molecule has 28 heavy (non-hydrogen) atoms. The fourth-order valence-corrected chi connectivity index (χ4v) is 3.25. The van der Waals surface area contributed by atoms with Crippen molar-refractivity contribution in [3.05, 3.63) is 121 Å². The maximum Gasteiger partial charge on any atom is 0.434 e. The maximum atomic E-state index is 6.70. The number of hydrogen-bond donors (Lipinski definition) is 1. The number of nitrogens with one attached hydrogen (secondary N) is 1. The Bertz CT molecular complexity index is 927. The van der Waals surface area contributed by atoms with E-state index in [-0.39, 0.29) is 14.0 Å². The molecule has 4 aromatic carbocycles. The molecule has 134 valence electrons. The Kier molecular flexibility index (Phi) is 5.91. The fraction of sp³-hybridized carbons (Fsp3) is 0. The predicted molar refractivity (Wildman–Crippen MR) is 121 cm³/mol. The van der Waals surface area contributed by atoms with Gasteiger partial charge < -0.3 is 9.80 Å². The topological polar surface area (TPSA) is 21.3 Å². The summed E-state index contributed by atoms with van der Waals surface area (Å²) in [5.41, 5.74) is 4.37. The van der Waals surface area contributed by atoms with Crippen molar-refractivity contribution < 1.29 is 4.57 Å². The second-order valence-corrected chi connectivity index (χ2v) is 6.64. The first-order valence-electron chi connectivity index (χ1n) is 9.52. The first-order valence-corrected chi connectivity index (χ1v) is 9.52. The lowest BCUT2D eigenvalue weighted by atomic mass is 9.52. The number of para-hydroxylation sites is 1. The van der Waals surface area contributed by atoms with Crippen LogP contribution in [0, 0.1) is 0 Å². The van der Waals surface area contributed by atoms with Crippen LogP contribution in [0.5, 0.6) is 0 Å². The number of hydrogen-bond acceptors (Lipinski definition) is 2. The van der Waals surface area contributed by atoms with Crippen LogP contribution in [-0.2, 0) is 4.57 Å². The van der Waals surface area contributed by atoms with Crippen molar-refractivity contribution in [3.63, 3.8) is 0 Å². The highest BCUT2D eigenvalue weighted by atomic mass is 16.4. The minimum atomic E-state index is -0.283. The van der Waals surface area contributed by atoms with E-state index in [1.165, 1.54) is 0 Å². The van der Waals surface area contributed by atoms with E-state index >= 15 is 0 Å². The average Bonchev–Trinajstić information content (AvgIpc) is 2.79. The third kappa shape index (κ3) is 4.54. The van der Waals surface area contributed by atoms with Gasteiger partial charge >= 0.3 is 14.0 Å². The highest BCUT2D eigenvalue weighted by Crippen LogP contribution is 2.08. The highest BCUT2D eigenvalue weighted by molar-refractivity contribution is 6.88. The van der Waals surface area contributed by atoms with Crippen LogP contribution in [0.2, 0.25) is 0 Å². The number of anilines is 1. The second kappa shape index (κ2) is 9.12. The molecular weight excluding hydrogens is 340 g/mol. The molecule has 0 saturated carbocycles. The van der Waals surface area contributed by atoms with Gasteiger partial charge in [-0.15, -0.1) is 0 Å². The lowest BCUT2D eigenvalue weighted by Gasteiger charge is -2.23. The zero-order valence-electron chi connectivity index (χ0n) is 15.6. The molecule has 1 N–H and O–H groups in total. The zero-order chi connectivity index (χ0) is 19.0. The van der Waals surface area contributed by atoms with Crippen LogP contribution in [0.3, 0.4) is 0 Å². The predicted octanol–water partition coefficient (Wildman–Crippen LogP) is 3.32. The minimum Gasteiger partial charge on any atom is -0.469 e. The first kappa shape index (κ1) is 18.1. The van der Waals surface area contributed by atoms with Gasteiger partial charge in [0.25, 0.3) is 0 Å². The Morgan fingerprint density at radius 3 is 1.32 bits per heavy atom. The van der Waals surface area contributed by atoms with E-state index < -0.39 is 0 Å². The van der Waals surface area contributed by atoms with Gasteiger partial charge in [0.15, 0.2) is 0 Å². The summed E-state index contributed by atoms with van der Waals surface area (Å²) in [5, 5.41) is 3.54. The van der Waals surface area contributed by atoms with E-state index in [0.29, 0.717) is 0 Å². The summed E-state index contributed by atoms with van der Waals surface area (Å²) in [6, 6.07) is 41.2. The molecule has 0 spiro atoms. The van der Waals surface area contributed by atoms with Crippen LogP contribution in [0.4, 0.5) is 5.69 Å². The van der Waals surface area contributed by atoms with Gasteiger partial charge in [-0.3, -0.25) is 0 Å². The van der Waals surface area contributed by atoms with Gasteiger partial charge in [-0.2, -0.15) is 0 Å². The number of rotatable bonds is 7. The van der Waals surface area contributed by atoms with Gasteiger partial charge in [-0.1, -0.05) is 109 Å². The molecule has 0 saturated heterocycles. The minimum absolute atomic E-state index is 0.177. The molecule has 0 radical (unpaired) electrons. The molecule has 2 nitrogen and oxygen atoms in total. The fourth-order valence-electron chi connectivity index (χ4n) is 3.25. The third-order valence-electron chi connectivity index (χ3n) is 4.65. The molecule has 0 amide bonds. The van der Waals surface area contributed by atoms with Crippen LogP contribution >= 0.6 is 0 Å². The van der Waals surface area contributed by atoms with Crippen LogP contribution in [0.25, 0.3) is 0 Å². The highest BCUT2D eigenvalue weighted by Gasteiger charge is 2.29. The van der Waals surface area contributed by atoms with Crippen molar-refractivity contribution in [1.29, 1.82) is 0 Å². The molecule has 4 aromatic rings. The summed E-state index contributed by atoms with van der Waals surface area (Å²) >= 11 is 0.